The molecule has 1 aromatic carbocycles. The number of benzene rings is 1. The van der Waals surface area contributed by atoms with Crippen molar-refractivity contribution in [1.82, 2.24) is 30.2 Å². The highest BCUT2D eigenvalue weighted by molar-refractivity contribution is 7.18. The monoisotopic (exact) mass is 542 g/mol. The summed E-state index contributed by atoms with van der Waals surface area (Å²) in [6.07, 6.45) is 8.26. The van der Waals surface area contributed by atoms with Gasteiger partial charge in [-0.2, -0.15) is 0 Å². The number of carbonyl (C=O) groups excluding carboxylic acids is 3. The Hall–Kier alpha value is -3.63. The Bertz CT molecular complexity index is 1580. The van der Waals surface area contributed by atoms with Gasteiger partial charge in [0.15, 0.2) is 0 Å². The van der Waals surface area contributed by atoms with Crippen molar-refractivity contribution in [1.29, 1.82) is 0 Å². The standard InChI is InChI=1S/C29H30N6O3S/c1-17-30-26(25-22-4-2-3-5-23(22)39-27(25)31-17)19-8-11-33(12-9-19)15-18-6-7-21-20(14-18)16-35(28(21)37)34-13-10-24(36)32-29(34)38/h6-8,14H,2-5,9-13,15-16H2,1H3,(H,32,36,38). The maximum Gasteiger partial charge on any atom is 0.342 e. The van der Waals surface area contributed by atoms with Gasteiger partial charge in [0.05, 0.1) is 18.8 Å². The minimum absolute atomic E-state index is 0.191. The summed E-state index contributed by atoms with van der Waals surface area (Å²) in [5.41, 5.74) is 6.61. The van der Waals surface area contributed by atoms with Crippen LogP contribution in [0.25, 0.3) is 15.8 Å². The molecule has 3 aliphatic heterocycles. The third kappa shape index (κ3) is 4.31. The minimum atomic E-state index is -0.539. The molecule has 200 valence electrons. The fraction of sp³-hybridized carbons (Fsp3) is 0.414. The van der Waals surface area contributed by atoms with E-state index in [4.69, 9.17) is 9.97 Å². The molecule has 7 rings (SSSR count). The SMILES string of the molecule is Cc1nc(C2=CCN(Cc3ccc4c(c3)CN(N3CCC(=O)NC3=O)C4=O)CC2)c2c3c(sc2n1)CCCC3. The highest BCUT2D eigenvalue weighted by Gasteiger charge is 2.37. The van der Waals surface area contributed by atoms with E-state index >= 15 is 0 Å². The summed E-state index contributed by atoms with van der Waals surface area (Å²) in [6.45, 7) is 5.11. The molecule has 1 fully saturated rings. The first-order valence-electron chi connectivity index (χ1n) is 13.7. The van der Waals surface area contributed by atoms with Gasteiger partial charge in [0.25, 0.3) is 5.91 Å². The number of hydrazine groups is 1. The molecule has 4 amide bonds. The number of carbonyl (C=O) groups is 3. The highest BCUT2D eigenvalue weighted by atomic mass is 32.1. The van der Waals surface area contributed by atoms with Crippen LogP contribution in [-0.4, -0.2) is 62.4 Å². The zero-order valence-electron chi connectivity index (χ0n) is 22.0. The average molecular weight is 543 g/mol. The van der Waals surface area contributed by atoms with Crippen LogP contribution in [0, 0.1) is 6.92 Å². The number of thiophene rings is 1. The van der Waals surface area contributed by atoms with E-state index in [9.17, 15) is 14.4 Å². The van der Waals surface area contributed by atoms with E-state index in [2.05, 4.69) is 22.4 Å². The van der Waals surface area contributed by atoms with Crippen LogP contribution in [0.3, 0.4) is 0 Å². The molecule has 0 radical (unpaired) electrons. The van der Waals surface area contributed by atoms with Crippen molar-refractivity contribution in [3.63, 3.8) is 0 Å². The number of urea groups is 1. The van der Waals surface area contributed by atoms with Crippen LogP contribution in [0.15, 0.2) is 24.3 Å². The number of imide groups is 1. The number of fused-ring (bicyclic) bond motifs is 4. The Kier molecular flexibility index (Phi) is 5.97. The molecule has 9 nitrogen and oxygen atoms in total. The van der Waals surface area contributed by atoms with Crippen molar-refractivity contribution in [2.75, 3.05) is 19.6 Å². The van der Waals surface area contributed by atoms with E-state index < -0.39 is 6.03 Å². The van der Waals surface area contributed by atoms with Crippen molar-refractivity contribution in [3.8, 4) is 0 Å². The number of nitrogens with one attached hydrogen (secondary N) is 1. The molecule has 0 bridgehead atoms. The number of rotatable bonds is 4. The molecule has 2 aromatic heterocycles. The number of aromatic nitrogens is 2. The van der Waals surface area contributed by atoms with Crippen molar-refractivity contribution in [2.45, 2.75) is 58.5 Å². The molecule has 0 unspecified atom stereocenters. The van der Waals surface area contributed by atoms with Gasteiger partial charge in [-0.05, 0) is 67.4 Å². The molecule has 1 aliphatic carbocycles. The van der Waals surface area contributed by atoms with Gasteiger partial charge in [0.2, 0.25) is 5.91 Å². The molecule has 1 saturated heterocycles. The summed E-state index contributed by atoms with van der Waals surface area (Å²) in [5.74, 6) is 0.332. The predicted octanol–water partition coefficient (Wildman–Crippen LogP) is 3.98. The number of hydrogen-bond acceptors (Lipinski definition) is 7. The second-order valence-corrected chi connectivity index (χ2v) is 11.9. The lowest BCUT2D eigenvalue weighted by atomic mass is 9.93. The smallest absolute Gasteiger partial charge is 0.295 e. The molecule has 0 spiro atoms. The molecular weight excluding hydrogens is 512 g/mol. The zero-order valence-corrected chi connectivity index (χ0v) is 22.8. The number of nitrogens with zero attached hydrogens (tertiary/aromatic N) is 5. The Morgan fingerprint density at radius 1 is 1.00 bits per heavy atom. The van der Waals surface area contributed by atoms with Gasteiger partial charge in [0.1, 0.15) is 10.7 Å². The molecule has 0 saturated carbocycles. The molecule has 5 heterocycles. The quantitative estimate of drug-likeness (QED) is 0.536. The second kappa shape index (κ2) is 9.53. The van der Waals surface area contributed by atoms with Gasteiger partial charge >= 0.3 is 6.03 Å². The van der Waals surface area contributed by atoms with Crippen molar-refractivity contribution < 1.29 is 14.4 Å². The Morgan fingerprint density at radius 3 is 2.69 bits per heavy atom. The number of aryl methyl sites for hydroxylation is 3. The van der Waals surface area contributed by atoms with Gasteiger partial charge in [0, 0.05) is 41.9 Å². The largest absolute Gasteiger partial charge is 0.342 e. The zero-order chi connectivity index (χ0) is 26.7. The number of amides is 4. The molecule has 1 N–H and O–H groups in total. The molecular formula is C29H30N6O3S. The third-order valence-electron chi connectivity index (χ3n) is 8.21. The molecule has 4 aliphatic rings. The third-order valence-corrected chi connectivity index (χ3v) is 9.39. The maximum absolute atomic E-state index is 13.0. The first-order chi connectivity index (χ1) is 18.9. The minimum Gasteiger partial charge on any atom is -0.295 e. The van der Waals surface area contributed by atoms with Crippen molar-refractivity contribution in [3.05, 3.63) is 62.9 Å². The Balaban J connectivity index is 1.07. The Morgan fingerprint density at radius 2 is 1.87 bits per heavy atom. The normalized spacial score (nSPS) is 19.8. The van der Waals surface area contributed by atoms with Gasteiger partial charge in [-0.25, -0.2) is 24.8 Å². The van der Waals surface area contributed by atoms with Crippen molar-refractivity contribution >= 4 is 45.0 Å². The van der Waals surface area contributed by atoms with Crippen molar-refractivity contribution in [2.24, 2.45) is 0 Å². The maximum atomic E-state index is 13.0. The molecule has 10 heteroatoms. The van der Waals surface area contributed by atoms with Gasteiger partial charge in [-0.3, -0.25) is 19.8 Å². The van der Waals surface area contributed by atoms with E-state index in [0.717, 1.165) is 66.4 Å². The van der Waals surface area contributed by atoms with Crippen LogP contribution in [0.4, 0.5) is 4.79 Å². The highest BCUT2D eigenvalue weighted by Crippen LogP contribution is 2.39. The second-order valence-electron chi connectivity index (χ2n) is 10.8. The van der Waals surface area contributed by atoms with Crippen LogP contribution in [-0.2, 0) is 30.7 Å². The molecule has 3 aromatic rings. The fourth-order valence-corrected chi connectivity index (χ4v) is 7.57. The van der Waals surface area contributed by atoms with Crippen LogP contribution in [0.5, 0.6) is 0 Å². The first kappa shape index (κ1) is 24.4. The summed E-state index contributed by atoms with van der Waals surface area (Å²) in [6, 6.07) is 5.41. The van der Waals surface area contributed by atoms with Crippen LogP contribution < -0.4 is 5.32 Å². The van der Waals surface area contributed by atoms with E-state index in [1.165, 1.54) is 44.3 Å². The lowest BCUT2D eigenvalue weighted by molar-refractivity contribution is -0.123. The summed E-state index contributed by atoms with van der Waals surface area (Å²) >= 11 is 1.86. The van der Waals surface area contributed by atoms with Crippen LogP contribution >= 0.6 is 11.3 Å². The first-order valence-corrected chi connectivity index (χ1v) is 14.5. The lowest BCUT2D eigenvalue weighted by Crippen LogP contribution is -2.56. The van der Waals surface area contributed by atoms with Gasteiger partial charge < -0.3 is 0 Å². The fourth-order valence-electron chi connectivity index (χ4n) is 6.26. The summed E-state index contributed by atoms with van der Waals surface area (Å²) in [4.78, 5) is 51.5. The van der Waals surface area contributed by atoms with E-state index in [1.807, 2.05) is 30.4 Å². The van der Waals surface area contributed by atoms with Gasteiger partial charge in [-0.15, -0.1) is 11.3 Å². The summed E-state index contributed by atoms with van der Waals surface area (Å²) in [7, 11) is 0. The average Bonchev–Trinajstić information content (AvgIpc) is 3.45. The van der Waals surface area contributed by atoms with Crippen LogP contribution in [0.1, 0.15) is 69.1 Å². The molecule has 39 heavy (non-hydrogen) atoms. The topological polar surface area (TPSA) is 98.7 Å². The molecule has 0 atom stereocenters. The van der Waals surface area contributed by atoms with Crippen LogP contribution in [0.2, 0.25) is 0 Å². The van der Waals surface area contributed by atoms with E-state index in [1.54, 1.807) is 0 Å². The Labute approximate surface area is 230 Å². The summed E-state index contributed by atoms with van der Waals surface area (Å²) < 4.78 is 0. The lowest BCUT2D eigenvalue weighted by Gasteiger charge is -2.33. The summed E-state index contributed by atoms with van der Waals surface area (Å²) in [5, 5.41) is 6.37. The predicted molar refractivity (Wildman–Crippen MR) is 148 cm³/mol. The van der Waals surface area contributed by atoms with E-state index in [-0.39, 0.29) is 24.8 Å². The number of hydrogen-bond donors (Lipinski definition) is 1. The van der Waals surface area contributed by atoms with Gasteiger partial charge in [-0.1, -0.05) is 18.2 Å². The van der Waals surface area contributed by atoms with E-state index in [0.29, 0.717) is 12.1 Å².